The van der Waals surface area contributed by atoms with Gasteiger partial charge >= 0.3 is 12.1 Å². The number of carbonyl (C=O) groups is 3. The summed E-state index contributed by atoms with van der Waals surface area (Å²) in [6, 6.07) is 6.53. The Kier molecular flexibility index (Phi) is 8.84. The highest BCUT2D eigenvalue weighted by atomic mass is 16.6. The molecule has 1 aromatic rings. The number of rotatable bonds is 7. The molecular formula is C22H35N3O5. The highest BCUT2D eigenvalue weighted by Crippen LogP contribution is 2.16. The fraction of sp³-hybridized carbons (Fsp3) is 0.591. The molecule has 1 aromatic carbocycles. The minimum atomic E-state index is -0.634. The lowest BCUT2D eigenvalue weighted by molar-refractivity contribution is -0.155. The minimum Gasteiger partial charge on any atom is -0.459 e. The van der Waals surface area contributed by atoms with E-state index in [1.165, 1.54) is 4.90 Å². The van der Waals surface area contributed by atoms with Gasteiger partial charge in [0.05, 0.1) is 0 Å². The lowest BCUT2D eigenvalue weighted by atomic mass is 10.1. The number of esters is 1. The van der Waals surface area contributed by atoms with Crippen LogP contribution in [0.4, 0.5) is 10.5 Å². The Balaban J connectivity index is 2.97. The van der Waals surface area contributed by atoms with Gasteiger partial charge in [-0.3, -0.25) is 14.9 Å². The van der Waals surface area contributed by atoms with Crippen molar-refractivity contribution < 1.29 is 23.9 Å². The first kappa shape index (κ1) is 25.4. The Morgan fingerprint density at radius 1 is 0.933 bits per heavy atom. The van der Waals surface area contributed by atoms with Gasteiger partial charge in [0.2, 0.25) is 0 Å². The van der Waals surface area contributed by atoms with Gasteiger partial charge in [0.25, 0.3) is 5.91 Å². The van der Waals surface area contributed by atoms with Gasteiger partial charge in [-0.05, 0) is 73.8 Å². The lowest BCUT2D eigenvalue weighted by Crippen LogP contribution is -2.42. The Labute approximate surface area is 179 Å². The first-order valence-electron chi connectivity index (χ1n) is 9.92. The normalized spacial score (nSPS) is 11.8. The molecule has 2 amide bonds. The van der Waals surface area contributed by atoms with Crippen LogP contribution < -0.4 is 5.32 Å². The topological polar surface area (TPSA) is 88.2 Å². The zero-order valence-electron chi connectivity index (χ0n) is 19.4. The maximum Gasteiger partial charge on any atom is 0.412 e. The Morgan fingerprint density at radius 3 is 2.07 bits per heavy atom. The lowest BCUT2D eigenvalue weighted by Gasteiger charge is -2.26. The van der Waals surface area contributed by atoms with E-state index < -0.39 is 23.3 Å². The largest absolute Gasteiger partial charge is 0.459 e. The number of nitrogens with zero attached hydrogens (tertiary/aromatic N) is 2. The van der Waals surface area contributed by atoms with E-state index in [0.717, 1.165) is 0 Å². The summed E-state index contributed by atoms with van der Waals surface area (Å²) in [5, 5.41) is 2.62. The third-order valence-corrected chi connectivity index (χ3v) is 3.60. The fourth-order valence-corrected chi connectivity index (χ4v) is 2.44. The molecule has 0 fully saturated rings. The van der Waals surface area contributed by atoms with E-state index in [4.69, 9.17) is 9.47 Å². The Bertz CT molecular complexity index is 748. The molecule has 0 bridgehead atoms. The third-order valence-electron chi connectivity index (χ3n) is 3.60. The van der Waals surface area contributed by atoms with Crippen molar-refractivity contribution in [3.8, 4) is 0 Å². The average molecular weight is 422 g/mol. The van der Waals surface area contributed by atoms with Crippen LogP contribution in [0.1, 0.15) is 51.9 Å². The van der Waals surface area contributed by atoms with Crippen molar-refractivity contribution in [1.82, 2.24) is 9.80 Å². The number of amides is 2. The van der Waals surface area contributed by atoms with E-state index >= 15 is 0 Å². The smallest absolute Gasteiger partial charge is 0.412 e. The summed E-state index contributed by atoms with van der Waals surface area (Å²) in [7, 11) is 3.78. The summed E-state index contributed by atoms with van der Waals surface area (Å²) < 4.78 is 10.6. The molecule has 0 heterocycles. The molecule has 0 saturated heterocycles. The molecule has 0 spiro atoms. The quantitative estimate of drug-likeness (QED) is 0.679. The highest BCUT2D eigenvalue weighted by Gasteiger charge is 2.24. The van der Waals surface area contributed by atoms with E-state index in [2.05, 4.69) is 5.32 Å². The number of hydrogen-bond acceptors (Lipinski definition) is 6. The second kappa shape index (κ2) is 10.4. The van der Waals surface area contributed by atoms with Crippen LogP contribution in [0.25, 0.3) is 0 Å². The number of likely N-dealkylation sites (N-methyl/N-ethyl adjacent to an activating group) is 1. The Morgan fingerprint density at radius 2 is 1.53 bits per heavy atom. The van der Waals surface area contributed by atoms with Crippen LogP contribution in [0.2, 0.25) is 0 Å². The van der Waals surface area contributed by atoms with Gasteiger partial charge in [-0.1, -0.05) is 6.07 Å². The van der Waals surface area contributed by atoms with E-state index in [9.17, 15) is 14.4 Å². The average Bonchev–Trinajstić information content (AvgIpc) is 2.54. The standard InChI is InChI=1S/C22H35N3O5/c1-21(2,3)29-18(26)15-25(13-12-24(7)8)19(27)16-10-9-11-17(14-16)23-20(28)30-22(4,5)6/h9-11,14H,12-13,15H2,1-8H3,(H,23,28). The number of carbonyl (C=O) groups excluding carboxylic acids is 3. The summed E-state index contributed by atoms with van der Waals surface area (Å²) in [6.07, 6.45) is -0.606. The summed E-state index contributed by atoms with van der Waals surface area (Å²) in [4.78, 5) is 40.7. The van der Waals surface area contributed by atoms with Crippen molar-refractivity contribution in [2.24, 2.45) is 0 Å². The van der Waals surface area contributed by atoms with Gasteiger partial charge in [0, 0.05) is 24.3 Å². The number of ether oxygens (including phenoxy) is 2. The van der Waals surface area contributed by atoms with Crippen LogP contribution in [0.3, 0.4) is 0 Å². The number of benzene rings is 1. The molecule has 1 rings (SSSR count). The zero-order chi connectivity index (χ0) is 23.1. The van der Waals surface area contributed by atoms with E-state index in [1.807, 2.05) is 19.0 Å². The molecule has 0 saturated carbocycles. The number of hydrogen-bond donors (Lipinski definition) is 1. The van der Waals surface area contributed by atoms with Crippen LogP contribution >= 0.6 is 0 Å². The van der Waals surface area contributed by atoms with Crippen molar-refractivity contribution in [2.45, 2.75) is 52.7 Å². The molecule has 168 valence electrons. The number of anilines is 1. The minimum absolute atomic E-state index is 0.159. The summed E-state index contributed by atoms with van der Waals surface area (Å²) in [6.45, 7) is 11.4. The van der Waals surface area contributed by atoms with Crippen LogP contribution in [0.15, 0.2) is 24.3 Å². The molecule has 8 nitrogen and oxygen atoms in total. The van der Waals surface area contributed by atoms with E-state index in [0.29, 0.717) is 24.3 Å². The molecule has 0 aliphatic heterocycles. The summed E-state index contributed by atoms with van der Waals surface area (Å²) in [5.41, 5.74) is -0.482. The van der Waals surface area contributed by atoms with Gasteiger partial charge in [-0.25, -0.2) is 4.79 Å². The van der Waals surface area contributed by atoms with Crippen molar-refractivity contribution >= 4 is 23.7 Å². The maximum absolute atomic E-state index is 13.1. The first-order chi connectivity index (χ1) is 13.7. The van der Waals surface area contributed by atoms with Crippen LogP contribution in [-0.2, 0) is 14.3 Å². The molecule has 8 heteroatoms. The second-order valence-electron chi connectivity index (χ2n) is 9.32. The molecule has 0 radical (unpaired) electrons. The molecule has 0 aliphatic rings. The van der Waals surface area contributed by atoms with E-state index in [-0.39, 0.29) is 12.5 Å². The first-order valence-corrected chi connectivity index (χ1v) is 9.92. The maximum atomic E-state index is 13.1. The molecule has 0 aromatic heterocycles. The Hall–Kier alpha value is -2.61. The third kappa shape index (κ3) is 10.2. The predicted molar refractivity (Wildman–Crippen MR) is 117 cm³/mol. The van der Waals surface area contributed by atoms with Gasteiger partial charge in [-0.15, -0.1) is 0 Å². The fourth-order valence-electron chi connectivity index (χ4n) is 2.44. The summed E-state index contributed by atoms with van der Waals surface area (Å²) in [5.74, 6) is -0.798. The zero-order valence-corrected chi connectivity index (χ0v) is 19.4. The van der Waals surface area contributed by atoms with Crippen LogP contribution in [0, 0.1) is 0 Å². The van der Waals surface area contributed by atoms with Gasteiger partial charge in [0.1, 0.15) is 17.7 Å². The van der Waals surface area contributed by atoms with Crippen LogP contribution in [-0.4, -0.2) is 72.7 Å². The molecular weight excluding hydrogens is 386 g/mol. The van der Waals surface area contributed by atoms with Crippen molar-refractivity contribution in [1.29, 1.82) is 0 Å². The second-order valence-corrected chi connectivity index (χ2v) is 9.32. The number of nitrogens with one attached hydrogen (secondary N) is 1. The highest BCUT2D eigenvalue weighted by molar-refractivity contribution is 5.97. The SMILES string of the molecule is CN(C)CCN(CC(=O)OC(C)(C)C)C(=O)c1cccc(NC(=O)OC(C)(C)C)c1. The van der Waals surface area contributed by atoms with Crippen molar-refractivity contribution in [3.05, 3.63) is 29.8 Å². The molecule has 30 heavy (non-hydrogen) atoms. The molecule has 0 unspecified atom stereocenters. The van der Waals surface area contributed by atoms with E-state index in [1.54, 1.807) is 65.8 Å². The van der Waals surface area contributed by atoms with Crippen LogP contribution in [0.5, 0.6) is 0 Å². The predicted octanol–water partition coefficient (Wildman–Crippen LogP) is 3.38. The van der Waals surface area contributed by atoms with Gasteiger partial charge in [-0.2, -0.15) is 0 Å². The van der Waals surface area contributed by atoms with Gasteiger partial charge < -0.3 is 19.3 Å². The molecule has 0 aliphatic carbocycles. The molecule has 1 N–H and O–H groups in total. The van der Waals surface area contributed by atoms with Crippen molar-refractivity contribution in [3.63, 3.8) is 0 Å². The molecule has 0 atom stereocenters. The van der Waals surface area contributed by atoms with Crippen molar-refractivity contribution in [2.75, 3.05) is 39.0 Å². The van der Waals surface area contributed by atoms with Gasteiger partial charge in [0.15, 0.2) is 0 Å². The monoisotopic (exact) mass is 421 g/mol. The summed E-state index contributed by atoms with van der Waals surface area (Å²) >= 11 is 0.